The Kier molecular flexibility index (Phi) is 5.55. The van der Waals surface area contributed by atoms with Gasteiger partial charge in [-0.25, -0.2) is 4.98 Å². The molecule has 11 heteroatoms. The van der Waals surface area contributed by atoms with Crippen molar-refractivity contribution in [2.75, 3.05) is 30.4 Å². The van der Waals surface area contributed by atoms with Crippen LogP contribution in [0.5, 0.6) is 0 Å². The minimum absolute atomic E-state index is 0.125. The summed E-state index contributed by atoms with van der Waals surface area (Å²) in [5.74, 6) is 1.95. The summed E-state index contributed by atoms with van der Waals surface area (Å²) in [6.45, 7) is 3.62. The predicted octanol–water partition coefficient (Wildman–Crippen LogP) is 3.47. The number of anilines is 3. The molecule has 0 spiro atoms. The number of carbonyl (C=O) groups is 2. The van der Waals surface area contributed by atoms with Crippen molar-refractivity contribution in [1.29, 1.82) is 0 Å². The maximum absolute atomic E-state index is 13.8. The van der Waals surface area contributed by atoms with E-state index in [4.69, 9.17) is 0 Å². The molecular weight excluding hydrogens is 532 g/mol. The first-order chi connectivity index (χ1) is 20.4. The van der Waals surface area contributed by atoms with Crippen molar-refractivity contribution in [3.8, 4) is 11.1 Å². The number of carbonyl (C=O) groups excluding carboxylic acids is 2. The van der Waals surface area contributed by atoms with Gasteiger partial charge in [-0.3, -0.25) is 28.9 Å². The molecule has 214 valence electrons. The van der Waals surface area contributed by atoms with E-state index in [0.717, 1.165) is 31.6 Å². The van der Waals surface area contributed by atoms with Crippen LogP contribution >= 0.6 is 0 Å². The fourth-order valence-electron chi connectivity index (χ4n) is 7.53. The molecule has 2 aliphatic carbocycles. The number of hydrogen-bond donors (Lipinski definition) is 1. The minimum Gasteiger partial charge on any atom is -0.338 e. The molecule has 1 saturated carbocycles. The minimum atomic E-state index is -0.210. The average Bonchev–Trinajstić information content (AvgIpc) is 3.77. The van der Waals surface area contributed by atoms with Gasteiger partial charge in [-0.2, -0.15) is 5.10 Å². The lowest BCUT2D eigenvalue weighted by Crippen LogP contribution is -2.41. The number of hydrogen-bond acceptors (Lipinski definition) is 7. The smallest absolute Gasteiger partial charge is 0.276 e. The molecule has 1 fully saturated rings. The van der Waals surface area contributed by atoms with Crippen LogP contribution in [0.1, 0.15) is 68.9 Å². The monoisotopic (exact) mass is 564 g/mol. The van der Waals surface area contributed by atoms with Gasteiger partial charge < -0.3 is 14.5 Å². The lowest BCUT2D eigenvalue weighted by molar-refractivity contribution is 0.0963. The Bertz CT molecular complexity index is 1850. The van der Waals surface area contributed by atoms with Gasteiger partial charge in [-0.05, 0) is 61.6 Å². The molecule has 0 aromatic carbocycles. The van der Waals surface area contributed by atoms with Gasteiger partial charge in [0.2, 0.25) is 0 Å². The molecule has 4 aromatic rings. The highest BCUT2D eigenvalue weighted by Gasteiger charge is 2.43. The third-order valence-electron chi connectivity index (χ3n) is 9.53. The first-order valence-corrected chi connectivity index (χ1v) is 14.6. The van der Waals surface area contributed by atoms with E-state index < -0.39 is 0 Å². The van der Waals surface area contributed by atoms with Crippen molar-refractivity contribution in [2.24, 2.45) is 7.05 Å². The summed E-state index contributed by atoms with van der Waals surface area (Å²) in [4.78, 5) is 47.9. The second kappa shape index (κ2) is 9.25. The zero-order valence-corrected chi connectivity index (χ0v) is 23.7. The molecule has 2 aliphatic heterocycles. The van der Waals surface area contributed by atoms with E-state index in [1.54, 1.807) is 36.5 Å². The topological polar surface area (TPSA) is 110 Å². The van der Waals surface area contributed by atoms with Crippen LogP contribution in [0.4, 0.5) is 17.3 Å². The molecule has 2 bridgehead atoms. The quantitative estimate of drug-likeness (QED) is 0.370. The van der Waals surface area contributed by atoms with Gasteiger partial charge in [0.15, 0.2) is 12.1 Å². The maximum Gasteiger partial charge on any atom is 0.276 e. The first kappa shape index (κ1) is 25.2. The summed E-state index contributed by atoms with van der Waals surface area (Å²) in [6, 6.07) is 7.53. The van der Waals surface area contributed by atoms with Crippen molar-refractivity contribution in [3.05, 3.63) is 75.2 Å². The number of likely N-dealkylation sites (N-methyl/N-ethyl adjacent to an activating group) is 1. The van der Waals surface area contributed by atoms with Crippen molar-refractivity contribution < 1.29 is 9.59 Å². The van der Waals surface area contributed by atoms with Crippen molar-refractivity contribution >= 4 is 29.5 Å². The van der Waals surface area contributed by atoms with Crippen LogP contribution in [-0.4, -0.2) is 61.1 Å². The molecular formula is C31H32N8O3. The number of aldehydes is 1. The molecule has 11 nitrogen and oxygen atoms in total. The molecule has 4 aromatic heterocycles. The first-order valence-electron chi connectivity index (χ1n) is 14.6. The molecule has 0 radical (unpaired) electrons. The second-order valence-electron chi connectivity index (χ2n) is 12.1. The summed E-state index contributed by atoms with van der Waals surface area (Å²) in [6.07, 6.45) is 7.70. The molecule has 42 heavy (non-hydrogen) atoms. The van der Waals surface area contributed by atoms with Crippen LogP contribution in [0.2, 0.25) is 0 Å². The maximum atomic E-state index is 13.8. The van der Waals surface area contributed by atoms with Gasteiger partial charge in [-0.1, -0.05) is 0 Å². The highest BCUT2D eigenvalue weighted by atomic mass is 16.2. The Morgan fingerprint density at radius 3 is 2.74 bits per heavy atom. The number of pyridine rings is 2. The highest BCUT2D eigenvalue weighted by molar-refractivity contribution is 6.09. The normalized spacial score (nSPS) is 20.9. The number of nitrogens with zero attached hydrogens (tertiary/aromatic N) is 7. The van der Waals surface area contributed by atoms with Gasteiger partial charge in [0.1, 0.15) is 17.2 Å². The summed E-state index contributed by atoms with van der Waals surface area (Å²) < 4.78 is 5.66. The van der Waals surface area contributed by atoms with Crippen molar-refractivity contribution in [1.82, 2.24) is 28.8 Å². The van der Waals surface area contributed by atoms with Gasteiger partial charge >= 0.3 is 0 Å². The van der Waals surface area contributed by atoms with E-state index in [9.17, 15) is 14.4 Å². The second-order valence-corrected chi connectivity index (χ2v) is 12.1. The molecule has 4 aliphatic rings. The summed E-state index contributed by atoms with van der Waals surface area (Å²) in [5, 5.41) is 7.84. The highest BCUT2D eigenvalue weighted by Crippen LogP contribution is 2.54. The zero-order chi connectivity index (χ0) is 28.7. The number of rotatable bonds is 5. The van der Waals surface area contributed by atoms with Gasteiger partial charge in [-0.15, -0.1) is 0 Å². The van der Waals surface area contributed by atoms with Crippen LogP contribution in [0.3, 0.4) is 0 Å². The lowest BCUT2D eigenvalue weighted by Gasteiger charge is -2.30. The molecule has 2 atom stereocenters. The van der Waals surface area contributed by atoms with Gasteiger partial charge in [0, 0.05) is 68.9 Å². The fraction of sp³-hybridized carbons (Fsp3) is 0.387. The molecule has 0 unspecified atom stereocenters. The number of amides is 1. The predicted molar refractivity (Wildman–Crippen MR) is 158 cm³/mol. The number of aryl methyl sites for hydroxylation is 1. The molecule has 1 N–H and O–H groups in total. The van der Waals surface area contributed by atoms with E-state index in [-0.39, 0.29) is 11.5 Å². The molecule has 6 heterocycles. The van der Waals surface area contributed by atoms with Crippen LogP contribution in [0, 0.1) is 0 Å². The Morgan fingerprint density at radius 1 is 1.02 bits per heavy atom. The SMILES string of the molecule is CN1CCn2nc(Nc3cc(-c4ccnc(N5CCn6c(cc7c6[C@@H]6CC[C@H]7C6)C5=O)c4C=O)cn(C)c3=O)cc2C1. The lowest BCUT2D eigenvalue weighted by atomic mass is 9.98. The van der Waals surface area contributed by atoms with E-state index in [1.165, 1.54) is 35.1 Å². The summed E-state index contributed by atoms with van der Waals surface area (Å²) in [7, 11) is 3.75. The third kappa shape index (κ3) is 3.72. The van der Waals surface area contributed by atoms with Crippen LogP contribution < -0.4 is 15.8 Å². The number of fused-ring (bicyclic) bond motifs is 8. The number of aromatic nitrogens is 5. The van der Waals surface area contributed by atoms with Crippen LogP contribution in [0.15, 0.2) is 41.5 Å². The molecule has 0 saturated heterocycles. The standard InChI is InChI=1S/C31H32N8O3/c1-35-7-10-39-21(16-35)13-27(34-39)33-25-12-20(15-36(2)30(25)41)22-5-6-32-29(24(22)17-40)38-9-8-37-26(31(38)42)14-23-18-3-4-19(11-18)28(23)37/h5-6,12-15,17-19H,3-4,7-11,16H2,1-2H3,(H,33,34)/t18-,19+/m0/s1. The molecule has 1 amide bonds. The molecule has 8 rings (SSSR count). The summed E-state index contributed by atoms with van der Waals surface area (Å²) in [5.41, 5.74) is 6.19. The van der Waals surface area contributed by atoms with Crippen molar-refractivity contribution in [3.63, 3.8) is 0 Å². The fourth-order valence-corrected chi connectivity index (χ4v) is 7.53. The van der Waals surface area contributed by atoms with E-state index in [0.29, 0.717) is 64.6 Å². The van der Waals surface area contributed by atoms with Gasteiger partial charge in [0.25, 0.3) is 11.5 Å². The Labute approximate surface area is 242 Å². The third-order valence-corrected chi connectivity index (χ3v) is 9.53. The Hall–Kier alpha value is -4.51. The van der Waals surface area contributed by atoms with E-state index in [1.807, 2.05) is 10.7 Å². The van der Waals surface area contributed by atoms with Crippen LogP contribution in [-0.2, 0) is 26.7 Å². The largest absolute Gasteiger partial charge is 0.338 e. The Morgan fingerprint density at radius 2 is 1.88 bits per heavy atom. The zero-order valence-electron chi connectivity index (χ0n) is 23.7. The van der Waals surface area contributed by atoms with Gasteiger partial charge in [0.05, 0.1) is 17.8 Å². The average molecular weight is 565 g/mol. The van der Waals surface area contributed by atoms with Crippen LogP contribution in [0.25, 0.3) is 11.1 Å². The Balaban J connectivity index is 1.14. The van der Waals surface area contributed by atoms with E-state index >= 15 is 0 Å². The van der Waals surface area contributed by atoms with Crippen molar-refractivity contribution in [2.45, 2.75) is 50.7 Å². The summed E-state index contributed by atoms with van der Waals surface area (Å²) >= 11 is 0. The number of nitrogens with one attached hydrogen (secondary N) is 1. The van der Waals surface area contributed by atoms with E-state index in [2.05, 4.69) is 38.0 Å².